The minimum Gasteiger partial charge on any atom is -0.480 e. The van der Waals surface area contributed by atoms with E-state index in [1.807, 2.05) is 0 Å². The van der Waals surface area contributed by atoms with Gasteiger partial charge in [0.15, 0.2) is 5.82 Å². The number of hydrogen-bond acceptors (Lipinski definition) is 2. The van der Waals surface area contributed by atoms with Crippen LogP contribution in [0.5, 0.6) is 0 Å². The third-order valence-corrected chi connectivity index (χ3v) is 2.88. The van der Waals surface area contributed by atoms with Crippen LogP contribution >= 0.6 is 11.6 Å². The van der Waals surface area contributed by atoms with Crippen molar-refractivity contribution in [3.8, 4) is 0 Å². The van der Waals surface area contributed by atoms with Crippen molar-refractivity contribution in [1.82, 2.24) is 5.32 Å². The van der Waals surface area contributed by atoms with Gasteiger partial charge in [0, 0.05) is 0 Å². The van der Waals surface area contributed by atoms with Gasteiger partial charge in [0.25, 0.3) is 0 Å². The lowest BCUT2D eigenvalue weighted by atomic mass is 9.87. The second-order valence-electron chi connectivity index (χ2n) is 5.34. The maximum absolute atomic E-state index is 13.6. The summed E-state index contributed by atoms with van der Waals surface area (Å²) in [5.41, 5.74) is -0.802. The summed E-state index contributed by atoms with van der Waals surface area (Å²) in [7, 11) is 0. The number of anilines is 1. The maximum atomic E-state index is 13.6. The summed E-state index contributed by atoms with van der Waals surface area (Å²) in [6, 6.07) is 2.22. The molecule has 2 amide bonds. The topological polar surface area (TPSA) is 78.4 Å². The summed E-state index contributed by atoms with van der Waals surface area (Å²) in [5.74, 6) is -1.94. The Morgan fingerprint density at radius 3 is 2.45 bits per heavy atom. The second kappa shape index (κ2) is 6.09. The van der Waals surface area contributed by atoms with Crippen LogP contribution in [0.2, 0.25) is 5.02 Å². The summed E-state index contributed by atoms with van der Waals surface area (Å²) in [5, 5.41) is 13.5. The number of carboxylic acid groups (broad SMARTS) is 1. The van der Waals surface area contributed by atoms with Crippen molar-refractivity contribution in [2.75, 3.05) is 5.32 Å². The van der Waals surface area contributed by atoms with E-state index < -0.39 is 29.3 Å². The molecule has 0 aliphatic heterocycles. The third kappa shape index (κ3) is 4.09. The molecule has 0 saturated heterocycles. The molecule has 0 aromatic heterocycles. The largest absolute Gasteiger partial charge is 0.480 e. The Balaban J connectivity index is 2.82. The maximum Gasteiger partial charge on any atom is 0.326 e. The van der Waals surface area contributed by atoms with E-state index in [4.69, 9.17) is 16.7 Å². The van der Waals surface area contributed by atoms with E-state index in [2.05, 4.69) is 10.6 Å². The zero-order valence-corrected chi connectivity index (χ0v) is 12.1. The van der Waals surface area contributed by atoms with Crippen LogP contribution in [0.15, 0.2) is 18.2 Å². The van der Waals surface area contributed by atoms with Crippen LogP contribution < -0.4 is 10.6 Å². The highest BCUT2D eigenvalue weighted by atomic mass is 35.5. The number of carbonyl (C=O) groups is 2. The van der Waals surface area contributed by atoms with Gasteiger partial charge >= 0.3 is 12.0 Å². The van der Waals surface area contributed by atoms with Crippen LogP contribution in [0.25, 0.3) is 0 Å². The molecule has 0 radical (unpaired) electrons. The van der Waals surface area contributed by atoms with Gasteiger partial charge < -0.3 is 15.7 Å². The first-order valence-electron chi connectivity index (χ1n) is 5.87. The molecule has 1 aromatic rings. The predicted octanol–water partition coefficient (Wildman–Crippen LogP) is 3.10. The van der Waals surface area contributed by atoms with Gasteiger partial charge in [-0.05, 0) is 17.5 Å². The van der Waals surface area contributed by atoms with E-state index >= 15 is 0 Å². The number of rotatable bonds is 3. The first-order valence-corrected chi connectivity index (χ1v) is 6.25. The Morgan fingerprint density at radius 1 is 1.35 bits per heavy atom. The number of nitrogens with one attached hydrogen (secondary N) is 2. The summed E-state index contributed by atoms with van der Waals surface area (Å²) in [6.45, 7) is 5.02. The van der Waals surface area contributed by atoms with Gasteiger partial charge in [-0.2, -0.15) is 0 Å². The number of amides is 2. The van der Waals surface area contributed by atoms with Crippen molar-refractivity contribution in [1.29, 1.82) is 0 Å². The van der Waals surface area contributed by atoms with Crippen molar-refractivity contribution in [3.63, 3.8) is 0 Å². The fourth-order valence-corrected chi connectivity index (χ4v) is 1.71. The van der Waals surface area contributed by atoms with Crippen molar-refractivity contribution < 1.29 is 19.1 Å². The van der Waals surface area contributed by atoms with Gasteiger partial charge in [-0.25, -0.2) is 14.0 Å². The highest BCUT2D eigenvalue weighted by Crippen LogP contribution is 2.23. The molecule has 1 aromatic carbocycles. The van der Waals surface area contributed by atoms with Gasteiger partial charge in [0.2, 0.25) is 0 Å². The van der Waals surface area contributed by atoms with E-state index in [0.717, 1.165) is 0 Å². The second-order valence-corrected chi connectivity index (χ2v) is 5.74. The van der Waals surface area contributed by atoms with Crippen molar-refractivity contribution in [2.24, 2.45) is 5.41 Å². The molecule has 110 valence electrons. The molecule has 0 unspecified atom stereocenters. The highest BCUT2D eigenvalue weighted by Gasteiger charge is 2.32. The molecule has 5 nitrogen and oxygen atoms in total. The Bertz CT molecular complexity index is 529. The predicted molar refractivity (Wildman–Crippen MR) is 74.4 cm³/mol. The molecule has 0 heterocycles. The average molecular weight is 303 g/mol. The molecule has 0 aliphatic carbocycles. The zero-order chi connectivity index (χ0) is 15.5. The van der Waals surface area contributed by atoms with E-state index in [9.17, 15) is 14.0 Å². The molecular formula is C13H16ClFN2O3. The Morgan fingerprint density at radius 2 is 1.95 bits per heavy atom. The van der Waals surface area contributed by atoms with Gasteiger partial charge in [-0.1, -0.05) is 38.4 Å². The molecule has 0 aliphatic rings. The summed E-state index contributed by atoms with van der Waals surface area (Å²) < 4.78 is 13.6. The molecule has 0 spiro atoms. The van der Waals surface area contributed by atoms with Gasteiger partial charge in [-0.15, -0.1) is 0 Å². The van der Waals surface area contributed by atoms with E-state index in [1.165, 1.54) is 18.2 Å². The van der Waals surface area contributed by atoms with Crippen LogP contribution in [-0.4, -0.2) is 23.1 Å². The molecule has 20 heavy (non-hydrogen) atoms. The third-order valence-electron chi connectivity index (χ3n) is 2.59. The van der Waals surface area contributed by atoms with Crippen molar-refractivity contribution >= 4 is 29.3 Å². The lowest BCUT2D eigenvalue weighted by molar-refractivity contribution is -0.141. The number of halogens is 2. The first-order chi connectivity index (χ1) is 9.12. The van der Waals surface area contributed by atoms with Crippen molar-refractivity contribution in [3.05, 3.63) is 29.0 Å². The quantitative estimate of drug-likeness (QED) is 0.803. The molecule has 7 heteroatoms. The molecule has 1 rings (SSSR count). The minimum atomic E-state index is -1.17. The van der Waals surface area contributed by atoms with Crippen LogP contribution in [0, 0.1) is 11.2 Å². The summed E-state index contributed by atoms with van der Waals surface area (Å²) >= 11 is 5.59. The number of aliphatic carboxylic acids is 1. The Hall–Kier alpha value is -1.82. The number of benzene rings is 1. The van der Waals surface area contributed by atoms with Gasteiger partial charge in [0.05, 0.1) is 10.7 Å². The molecule has 3 N–H and O–H groups in total. The molecule has 1 atom stereocenters. The van der Waals surface area contributed by atoms with Gasteiger partial charge in [-0.3, -0.25) is 0 Å². The van der Waals surface area contributed by atoms with E-state index in [0.29, 0.717) is 0 Å². The lowest BCUT2D eigenvalue weighted by Crippen LogP contribution is -2.50. The number of carbonyl (C=O) groups excluding carboxylic acids is 1. The monoisotopic (exact) mass is 302 g/mol. The number of urea groups is 1. The van der Waals surface area contributed by atoms with Crippen LogP contribution in [0.1, 0.15) is 20.8 Å². The standard InChI is InChI=1S/C13H16ClFN2O3/c1-13(2,3)10(11(18)19)17-12(20)16-8-6-4-5-7(14)9(8)15/h4-6,10H,1-3H3,(H,18,19)(H2,16,17,20)/t10-/m0/s1. The molecule has 0 fully saturated rings. The fraction of sp³-hybridized carbons (Fsp3) is 0.385. The Labute approximate surface area is 121 Å². The number of hydrogen-bond donors (Lipinski definition) is 3. The van der Waals surface area contributed by atoms with Gasteiger partial charge in [0.1, 0.15) is 6.04 Å². The fourth-order valence-electron chi connectivity index (χ4n) is 1.54. The summed E-state index contributed by atoms with van der Waals surface area (Å²) in [4.78, 5) is 22.9. The first kappa shape index (κ1) is 16.2. The Kier molecular flexibility index (Phi) is 4.94. The zero-order valence-electron chi connectivity index (χ0n) is 11.3. The lowest BCUT2D eigenvalue weighted by Gasteiger charge is -2.27. The average Bonchev–Trinajstić information content (AvgIpc) is 2.30. The SMILES string of the molecule is CC(C)(C)[C@@H](NC(=O)Nc1cccc(Cl)c1F)C(=O)O. The summed E-state index contributed by atoms with van der Waals surface area (Å²) in [6.07, 6.45) is 0. The van der Waals surface area contributed by atoms with Crippen molar-refractivity contribution in [2.45, 2.75) is 26.8 Å². The van der Waals surface area contributed by atoms with Crippen LogP contribution in [-0.2, 0) is 4.79 Å². The highest BCUT2D eigenvalue weighted by molar-refractivity contribution is 6.31. The number of carboxylic acids is 1. The van der Waals surface area contributed by atoms with E-state index in [-0.39, 0.29) is 10.7 Å². The van der Waals surface area contributed by atoms with E-state index in [1.54, 1.807) is 20.8 Å². The normalized spacial score (nSPS) is 12.7. The minimum absolute atomic E-state index is 0.118. The van der Waals surface area contributed by atoms with Crippen LogP contribution in [0.4, 0.5) is 14.9 Å². The molecule has 0 bridgehead atoms. The van der Waals surface area contributed by atoms with Crippen LogP contribution in [0.3, 0.4) is 0 Å². The molecular weight excluding hydrogens is 287 g/mol. The molecule has 0 saturated carbocycles. The smallest absolute Gasteiger partial charge is 0.326 e.